The molecule has 15 heteroatoms. The second-order valence-electron chi connectivity index (χ2n) is 13.0. The predicted molar refractivity (Wildman–Crippen MR) is 152 cm³/mol. The molecule has 4 N–H and O–H groups in total. The monoisotopic (exact) mass is 574 g/mol. The zero-order chi connectivity index (χ0) is 29.9. The molecule has 226 valence electrons. The maximum absolute atomic E-state index is 13.7. The van der Waals surface area contributed by atoms with Crippen molar-refractivity contribution in [3.63, 3.8) is 0 Å². The molecule has 0 aromatic rings. The fourth-order valence-corrected chi connectivity index (χ4v) is 7.02. The summed E-state index contributed by atoms with van der Waals surface area (Å²) in [5.74, 6) is -0.443. The lowest BCUT2D eigenvalue weighted by Gasteiger charge is -2.64. The van der Waals surface area contributed by atoms with Gasteiger partial charge >= 0.3 is 7.12 Å². The summed E-state index contributed by atoms with van der Waals surface area (Å²) in [6, 6.07) is 0. The Morgan fingerprint density at radius 3 is 2.68 bits per heavy atom. The average Bonchev–Trinajstić information content (AvgIpc) is 3.51. The maximum Gasteiger partial charge on any atom is 0.481 e. The Kier molecular flexibility index (Phi) is 9.47. The number of carbonyl (C=O) groups excluding carboxylic acids is 2. The van der Waals surface area contributed by atoms with Gasteiger partial charge in [-0.1, -0.05) is 33.1 Å². The van der Waals surface area contributed by atoms with Crippen LogP contribution in [-0.4, -0.2) is 66.2 Å². The summed E-state index contributed by atoms with van der Waals surface area (Å²) in [4.78, 5) is 41.1. The van der Waals surface area contributed by atoms with E-state index in [0.717, 1.165) is 12.8 Å². The molecule has 2 bridgehead atoms. The summed E-state index contributed by atoms with van der Waals surface area (Å²) >= 11 is 0. The van der Waals surface area contributed by atoms with E-state index in [0.29, 0.717) is 36.8 Å². The molecule has 6 atom stereocenters. The molecule has 0 spiro atoms. The molecule has 5 aliphatic rings. The van der Waals surface area contributed by atoms with Crippen molar-refractivity contribution in [1.82, 2.24) is 10.7 Å². The lowest BCUT2D eigenvalue weighted by atomic mass is 9.43. The summed E-state index contributed by atoms with van der Waals surface area (Å²) in [5, 5.41) is 24.1. The molecule has 0 unspecified atom stereocenters. The van der Waals surface area contributed by atoms with E-state index in [4.69, 9.17) is 15.0 Å². The van der Waals surface area contributed by atoms with Crippen LogP contribution in [-0.2, 0) is 18.9 Å². The summed E-state index contributed by atoms with van der Waals surface area (Å²) < 4.78 is 13.2. The Hall–Kier alpha value is -2.94. The van der Waals surface area contributed by atoms with Gasteiger partial charge in [0.05, 0.1) is 23.4 Å². The van der Waals surface area contributed by atoms with Crippen LogP contribution in [0.3, 0.4) is 0 Å². The SMILES string of the molecule is CC(C)C[C@H](NC(=O)[C@H](CCCN=C(N)N[N+](=O)[O-])CC(=O)CC1=NN=NC1)B1O[C@@H]2C[C@@H]3C[C@@H](C3(C)C)[C@]2(C)O1. The Morgan fingerprint density at radius 1 is 1.29 bits per heavy atom. The van der Waals surface area contributed by atoms with Crippen molar-refractivity contribution in [3.8, 4) is 0 Å². The Morgan fingerprint density at radius 2 is 2.05 bits per heavy atom. The molecule has 14 nitrogen and oxygen atoms in total. The number of rotatable bonds is 14. The average molecular weight is 574 g/mol. The van der Waals surface area contributed by atoms with Crippen LogP contribution in [0.2, 0.25) is 0 Å². The van der Waals surface area contributed by atoms with Gasteiger partial charge in [0.2, 0.25) is 5.91 Å². The fraction of sp³-hybridized carbons (Fsp3) is 0.846. The van der Waals surface area contributed by atoms with Crippen LogP contribution >= 0.6 is 0 Å². The minimum absolute atomic E-state index is 0.00711. The first kappa shape index (κ1) is 31.0. The molecule has 1 saturated heterocycles. The molecule has 4 fully saturated rings. The number of nitrogens with two attached hydrogens (primary N) is 1. The van der Waals surface area contributed by atoms with E-state index in [9.17, 15) is 19.7 Å². The van der Waals surface area contributed by atoms with E-state index in [1.165, 1.54) is 0 Å². The van der Waals surface area contributed by atoms with Gasteiger partial charge in [0.1, 0.15) is 12.3 Å². The van der Waals surface area contributed by atoms with E-state index >= 15 is 0 Å². The van der Waals surface area contributed by atoms with Crippen molar-refractivity contribution in [3.05, 3.63) is 10.1 Å². The van der Waals surface area contributed by atoms with Crippen LogP contribution in [0.4, 0.5) is 0 Å². The van der Waals surface area contributed by atoms with Gasteiger partial charge in [-0.2, -0.15) is 5.11 Å². The standard InChI is InChI=1S/C26H43BN8O6/c1-15(2)9-22(27-40-21-12-17-11-20(25(17,3)4)26(21,5)41-27)31-23(37)16(7-6-8-29-24(28)33-35(38)39)10-19(36)13-18-14-30-34-32-18/h15-17,20-22H,6-14H2,1-5H3,(H,31,37)(H3,28,29,33)/t16-,17+,20+,21-,22+,26+/m1/s1. The molecule has 1 amide bonds. The van der Waals surface area contributed by atoms with E-state index in [1.54, 1.807) is 5.43 Å². The number of carbonyl (C=O) groups is 2. The van der Waals surface area contributed by atoms with Gasteiger partial charge in [-0.25, -0.2) is 15.1 Å². The number of ketones is 1. The van der Waals surface area contributed by atoms with Crippen molar-refractivity contribution in [2.24, 2.45) is 55.3 Å². The maximum atomic E-state index is 13.7. The number of Topliss-reactive ketones (excluding diaryl/α,β-unsaturated/α-hetero) is 1. The number of amides is 1. The minimum atomic E-state index is -0.791. The normalized spacial score (nSPS) is 29.4. The van der Waals surface area contributed by atoms with Gasteiger partial charge in [-0.05, 0) is 67.4 Å². The number of nitrogens with zero attached hydrogens (tertiary/aromatic N) is 5. The zero-order valence-electron chi connectivity index (χ0n) is 24.7. The first-order valence-corrected chi connectivity index (χ1v) is 14.6. The Labute approximate surface area is 241 Å². The summed E-state index contributed by atoms with van der Waals surface area (Å²) in [7, 11) is -0.573. The molecular weight excluding hydrogens is 531 g/mol. The molecule has 0 radical (unpaired) electrons. The molecule has 2 aliphatic heterocycles. The highest BCUT2D eigenvalue weighted by Gasteiger charge is 2.68. The molecule has 0 aromatic heterocycles. The van der Waals surface area contributed by atoms with E-state index in [-0.39, 0.29) is 67.0 Å². The molecule has 0 aromatic carbocycles. The summed E-state index contributed by atoms with van der Waals surface area (Å²) in [6.07, 6.45) is 3.57. The highest BCUT2D eigenvalue weighted by Crippen LogP contribution is 2.65. The third-order valence-corrected chi connectivity index (χ3v) is 9.30. The lowest BCUT2D eigenvalue weighted by molar-refractivity contribution is -0.525. The molecule has 41 heavy (non-hydrogen) atoms. The van der Waals surface area contributed by atoms with Crippen LogP contribution in [0.25, 0.3) is 0 Å². The number of hydrazine groups is 1. The number of nitrogens with one attached hydrogen (secondary N) is 2. The summed E-state index contributed by atoms with van der Waals surface area (Å²) in [5.41, 5.74) is 7.67. The third-order valence-electron chi connectivity index (χ3n) is 9.30. The Balaban J connectivity index is 1.43. The third kappa shape index (κ3) is 7.11. The number of hydrogen-bond donors (Lipinski definition) is 3. The van der Waals surface area contributed by atoms with Gasteiger partial charge in [-0.3, -0.25) is 9.59 Å². The van der Waals surface area contributed by atoms with Crippen molar-refractivity contribution in [2.45, 2.75) is 97.2 Å². The van der Waals surface area contributed by atoms with Gasteiger partial charge in [-0.15, -0.1) is 5.10 Å². The second-order valence-corrected chi connectivity index (χ2v) is 13.0. The van der Waals surface area contributed by atoms with Crippen molar-refractivity contribution in [1.29, 1.82) is 0 Å². The van der Waals surface area contributed by atoms with Gasteiger partial charge in [0.15, 0.2) is 5.03 Å². The first-order chi connectivity index (χ1) is 19.3. The van der Waals surface area contributed by atoms with E-state index in [2.05, 4.69) is 60.4 Å². The van der Waals surface area contributed by atoms with E-state index in [1.807, 2.05) is 0 Å². The van der Waals surface area contributed by atoms with Crippen LogP contribution in [0, 0.1) is 39.2 Å². The molecule has 5 rings (SSSR count). The van der Waals surface area contributed by atoms with Crippen molar-refractivity contribution in [2.75, 3.05) is 13.1 Å². The van der Waals surface area contributed by atoms with Crippen LogP contribution in [0.5, 0.6) is 0 Å². The van der Waals surface area contributed by atoms with Crippen molar-refractivity contribution >= 4 is 30.5 Å². The topological polar surface area (TPSA) is 195 Å². The zero-order valence-corrected chi connectivity index (χ0v) is 24.7. The quantitative estimate of drug-likeness (QED) is 0.0702. The highest BCUT2D eigenvalue weighted by molar-refractivity contribution is 6.47. The van der Waals surface area contributed by atoms with Crippen LogP contribution in [0.1, 0.15) is 79.6 Å². The molecule has 3 aliphatic carbocycles. The number of nitro groups is 1. The second kappa shape index (κ2) is 12.5. The van der Waals surface area contributed by atoms with Gasteiger partial charge in [0, 0.05) is 25.3 Å². The van der Waals surface area contributed by atoms with Crippen molar-refractivity contribution < 1.29 is 23.9 Å². The van der Waals surface area contributed by atoms with Crippen LogP contribution in [0.15, 0.2) is 20.4 Å². The Bertz CT molecular complexity index is 1110. The molecular formula is C26H43BN8O6. The smallest absolute Gasteiger partial charge is 0.404 e. The fourth-order valence-electron chi connectivity index (χ4n) is 7.02. The van der Waals surface area contributed by atoms with Crippen LogP contribution < -0.4 is 16.5 Å². The molecule has 2 heterocycles. The number of hydrogen-bond acceptors (Lipinski definition) is 10. The van der Waals surface area contributed by atoms with Gasteiger partial charge < -0.3 is 20.4 Å². The van der Waals surface area contributed by atoms with E-state index < -0.39 is 23.7 Å². The van der Waals surface area contributed by atoms with Gasteiger partial charge in [0.25, 0.3) is 5.96 Å². The first-order valence-electron chi connectivity index (χ1n) is 14.6. The number of guanidine groups is 1. The highest BCUT2D eigenvalue weighted by atomic mass is 16.7. The summed E-state index contributed by atoms with van der Waals surface area (Å²) in [6.45, 7) is 11.4. The number of aliphatic imine (C=N–C) groups is 1. The molecule has 3 saturated carbocycles. The largest absolute Gasteiger partial charge is 0.481 e. The minimum Gasteiger partial charge on any atom is -0.404 e. The lowest BCUT2D eigenvalue weighted by Crippen LogP contribution is -2.65. The predicted octanol–water partition coefficient (Wildman–Crippen LogP) is 2.45.